The molecule has 2 unspecified atom stereocenters. The normalized spacial score (nSPS) is 26.7. The molecule has 1 aliphatic heterocycles. The Hall–Kier alpha value is -0.980. The van der Waals surface area contributed by atoms with E-state index in [0.29, 0.717) is 0 Å². The summed E-state index contributed by atoms with van der Waals surface area (Å²) in [5.74, 6) is 3.88. The minimum Gasteiger partial charge on any atom is -0.496 e. The van der Waals surface area contributed by atoms with Gasteiger partial charge in [-0.25, -0.2) is 0 Å². The lowest BCUT2D eigenvalue weighted by atomic mass is 9.82. The summed E-state index contributed by atoms with van der Waals surface area (Å²) in [6, 6.07) is 8.48. The van der Waals surface area contributed by atoms with E-state index >= 15 is 0 Å². The van der Waals surface area contributed by atoms with Crippen molar-refractivity contribution in [2.75, 3.05) is 33.8 Å². The van der Waals surface area contributed by atoms with Crippen LogP contribution in [0.25, 0.3) is 0 Å². The van der Waals surface area contributed by atoms with Crippen molar-refractivity contribution in [3.05, 3.63) is 29.8 Å². The molecule has 0 aromatic heterocycles. The van der Waals surface area contributed by atoms with E-state index < -0.39 is 0 Å². The first-order valence-electron chi connectivity index (χ1n) is 9.85. The van der Waals surface area contributed by atoms with E-state index in [1.165, 1.54) is 57.2 Å². The maximum Gasteiger partial charge on any atom is 0.193 e. The van der Waals surface area contributed by atoms with E-state index in [-0.39, 0.29) is 29.4 Å². The highest BCUT2D eigenvalue weighted by atomic mass is 127. The van der Waals surface area contributed by atoms with Gasteiger partial charge in [0.15, 0.2) is 5.96 Å². The number of rotatable bonds is 4. The molecule has 1 N–H and O–H groups in total. The Kier molecular flexibility index (Phi) is 6.36. The molecular weight excluding hydrogens is 437 g/mol. The van der Waals surface area contributed by atoms with Gasteiger partial charge in [-0.15, -0.1) is 24.0 Å². The molecule has 144 valence electrons. The number of hydrogen-bond donors (Lipinski definition) is 1. The van der Waals surface area contributed by atoms with Crippen LogP contribution in [0.3, 0.4) is 0 Å². The van der Waals surface area contributed by atoms with Gasteiger partial charge in [0.25, 0.3) is 0 Å². The third-order valence-corrected chi connectivity index (χ3v) is 6.60. The first-order valence-corrected chi connectivity index (χ1v) is 9.85. The summed E-state index contributed by atoms with van der Waals surface area (Å²) < 4.78 is 5.60. The maximum absolute atomic E-state index is 5.60. The van der Waals surface area contributed by atoms with E-state index in [9.17, 15) is 0 Å². The lowest BCUT2D eigenvalue weighted by molar-refractivity contribution is 0.299. The van der Waals surface area contributed by atoms with Crippen LogP contribution in [0, 0.1) is 11.8 Å². The van der Waals surface area contributed by atoms with E-state index in [2.05, 4.69) is 39.5 Å². The molecular formula is C21H32IN3O. The topological polar surface area (TPSA) is 36.9 Å². The summed E-state index contributed by atoms with van der Waals surface area (Å²) in [5, 5.41) is 3.69. The van der Waals surface area contributed by atoms with Crippen molar-refractivity contribution in [3.8, 4) is 5.75 Å². The van der Waals surface area contributed by atoms with Crippen LogP contribution in [0.15, 0.2) is 29.3 Å². The quantitative estimate of drug-likeness (QED) is 0.411. The minimum atomic E-state index is 0. The van der Waals surface area contributed by atoms with Crippen LogP contribution in [-0.4, -0.2) is 44.7 Å². The van der Waals surface area contributed by atoms with Crippen LogP contribution in [-0.2, 0) is 5.41 Å². The van der Waals surface area contributed by atoms with Crippen LogP contribution >= 0.6 is 24.0 Å². The van der Waals surface area contributed by atoms with Gasteiger partial charge in [-0.3, -0.25) is 4.99 Å². The van der Waals surface area contributed by atoms with E-state index in [4.69, 9.17) is 4.74 Å². The van der Waals surface area contributed by atoms with Crippen LogP contribution in [0.4, 0.5) is 0 Å². The fourth-order valence-electron chi connectivity index (χ4n) is 4.93. The molecule has 0 amide bonds. The third kappa shape index (κ3) is 3.82. The Balaban J connectivity index is 0.00000196. The van der Waals surface area contributed by atoms with Crippen LogP contribution in [0.1, 0.15) is 44.1 Å². The summed E-state index contributed by atoms with van der Waals surface area (Å²) in [6.45, 7) is 3.32. The minimum absolute atomic E-state index is 0. The summed E-state index contributed by atoms with van der Waals surface area (Å²) in [7, 11) is 3.69. The monoisotopic (exact) mass is 469 g/mol. The van der Waals surface area contributed by atoms with Gasteiger partial charge in [0.05, 0.1) is 7.11 Å². The molecule has 1 aromatic rings. The largest absolute Gasteiger partial charge is 0.496 e. The molecule has 0 spiro atoms. The lowest BCUT2D eigenvalue weighted by Crippen LogP contribution is -2.43. The van der Waals surface area contributed by atoms with Crippen molar-refractivity contribution < 1.29 is 4.74 Å². The Morgan fingerprint density at radius 3 is 2.42 bits per heavy atom. The van der Waals surface area contributed by atoms with Crippen molar-refractivity contribution in [2.45, 2.75) is 43.9 Å². The SMILES string of the molecule is CN=C(NCC1(c2ccccc2OC)CC1)N1CC2CCCCC2C1.I. The summed E-state index contributed by atoms with van der Waals surface area (Å²) in [4.78, 5) is 7.09. The van der Waals surface area contributed by atoms with Gasteiger partial charge < -0.3 is 15.0 Å². The second-order valence-corrected chi connectivity index (χ2v) is 8.09. The molecule has 26 heavy (non-hydrogen) atoms. The number of guanidine groups is 1. The predicted octanol–water partition coefficient (Wildman–Crippen LogP) is 4.04. The van der Waals surface area contributed by atoms with Gasteiger partial charge >= 0.3 is 0 Å². The standard InChI is InChI=1S/C21H31N3O.HI/c1-22-20(24-13-16-7-3-4-8-17(16)14-24)23-15-21(11-12-21)18-9-5-6-10-19(18)25-2;/h5-6,9-10,16-17H,3-4,7-8,11-15H2,1-2H3,(H,22,23);1H. The Morgan fingerprint density at radius 2 is 1.85 bits per heavy atom. The average molecular weight is 469 g/mol. The van der Waals surface area contributed by atoms with Crippen LogP contribution in [0.5, 0.6) is 5.75 Å². The Morgan fingerprint density at radius 1 is 1.19 bits per heavy atom. The molecule has 4 rings (SSSR count). The molecule has 3 aliphatic rings. The number of nitrogens with one attached hydrogen (secondary N) is 1. The maximum atomic E-state index is 5.60. The second kappa shape index (κ2) is 8.36. The highest BCUT2D eigenvalue weighted by molar-refractivity contribution is 14.0. The number of fused-ring (bicyclic) bond motifs is 1. The number of para-hydroxylation sites is 1. The highest BCUT2D eigenvalue weighted by Gasteiger charge is 2.46. The van der Waals surface area contributed by atoms with Gasteiger partial charge in [-0.05, 0) is 43.6 Å². The van der Waals surface area contributed by atoms with E-state index in [1.807, 2.05) is 7.05 Å². The first kappa shape index (κ1) is 19.8. The molecule has 2 aliphatic carbocycles. The van der Waals surface area contributed by atoms with Gasteiger partial charge in [-0.2, -0.15) is 0 Å². The fraction of sp³-hybridized carbons (Fsp3) is 0.667. The van der Waals surface area contributed by atoms with E-state index in [0.717, 1.165) is 30.1 Å². The third-order valence-electron chi connectivity index (χ3n) is 6.60. The van der Waals surface area contributed by atoms with Gasteiger partial charge in [0.1, 0.15) is 5.75 Å². The van der Waals surface area contributed by atoms with E-state index in [1.54, 1.807) is 7.11 Å². The number of ether oxygens (including phenoxy) is 1. The average Bonchev–Trinajstić information content (AvgIpc) is 3.32. The number of aliphatic imine (C=N–C) groups is 1. The zero-order valence-electron chi connectivity index (χ0n) is 16.0. The predicted molar refractivity (Wildman–Crippen MR) is 118 cm³/mol. The molecule has 1 heterocycles. The Bertz CT molecular complexity index is 630. The zero-order valence-corrected chi connectivity index (χ0v) is 18.4. The molecule has 5 heteroatoms. The molecule has 0 radical (unpaired) electrons. The molecule has 1 aromatic carbocycles. The van der Waals surface area contributed by atoms with Gasteiger partial charge in [0.2, 0.25) is 0 Å². The number of likely N-dealkylation sites (tertiary alicyclic amines) is 1. The van der Waals surface area contributed by atoms with Crippen molar-refractivity contribution in [1.82, 2.24) is 10.2 Å². The highest BCUT2D eigenvalue weighted by Crippen LogP contribution is 2.50. The smallest absolute Gasteiger partial charge is 0.193 e. The summed E-state index contributed by atoms with van der Waals surface area (Å²) >= 11 is 0. The van der Waals surface area contributed by atoms with Crippen molar-refractivity contribution >= 4 is 29.9 Å². The number of halogens is 1. The molecule has 2 saturated carbocycles. The van der Waals surface area contributed by atoms with Crippen molar-refractivity contribution in [1.29, 1.82) is 0 Å². The molecule has 1 saturated heterocycles. The number of nitrogens with zero attached hydrogens (tertiary/aromatic N) is 2. The number of hydrogen-bond acceptors (Lipinski definition) is 2. The first-order chi connectivity index (χ1) is 12.3. The molecule has 3 fully saturated rings. The molecule has 2 atom stereocenters. The zero-order chi connectivity index (χ0) is 17.3. The van der Waals surface area contributed by atoms with Crippen LogP contribution in [0.2, 0.25) is 0 Å². The molecule has 4 nitrogen and oxygen atoms in total. The van der Waals surface area contributed by atoms with Crippen LogP contribution < -0.4 is 10.1 Å². The molecule has 0 bridgehead atoms. The number of benzene rings is 1. The van der Waals surface area contributed by atoms with Gasteiger partial charge in [0, 0.05) is 37.7 Å². The number of methoxy groups -OCH3 is 1. The second-order valence-electron chi connectivity index (χ2n) is 8.09. The fourth-order valence-corrected chi connectivity index (χ4v) is 4.93. The van der Waals surface area contributed by atoms with Crippen molar-refractivity contribution in [3.63, 3.8) is 0 Å². The Labute approximate surface area is 174 Å². The van der Waals surface area contributed by atoms with Crippen molar-refractivity contribution in [2.24, 2.45) is 16.8 Å². The summed E-state index contributed by atoms with van der Waals surface area (Å²) in [5.41, 5.74) is 1.56. The summed E-state index contributed by atoms with van der Waals surface area (Å²) in [6.07, 6.45) is 8.09. The van der Waals surface area contributed by atoms with Gasteiger partial charge in [-0.1, -0.05) is 31.0 Å². The lowest BCUT2D eigenvalue weighted by Gasteiger charge is -2.25.